The van der Waals surface area contributed by atoms with E-state index in [0.717, 1.165) is 11.1 Å². The third kappa shape index (κ3) is 3.71. The number of H-pyrrole nitrogens is 1. The van der Waals surface area contributed by atoms with Gasteiger partial charge in [0, 0.05) is 0 Å². The van der Waals surface area contributed by atoms with Crippen LogP contribution >= 0.6 is 0 Å². The van der Waals surface area contributed by atoms with Crippen LogP contribution in [0.15, 0.2) is 70.1 Å². The molecule has 2 aromatic carbocycles. The summed E-state index contributed by atoms with van der Waals surface area (Å²) in [5.41, 5.74) is 5.28. The van der Waals surface area contributed by atoms with Gasteiger partial charge in [0.05, 0.1) is 17.1 Å². The summed E-state index contributed by atoms with van der Waals surface area (Å²) >= 11 is 0. The normalized spacial score (nSPS) is 12.0. The molecule has 3 aromatic rings. The predicted molar refractivity (Wildman–Crippen MR) is 94.6 cm³/mol. The van der Waals surface area contributed by atoms with E-state index in [-0.39, 0.29) is 5.56 Å². The van der Waals surface area contributed by atoms with E-state index in [1.54, 1.807) is 18.3 Å². The fourth-order valence-corrected chi connectivity index (χ4v) is 2.18. The molecule has 0 aliphatic carbocycles. The van der Waals surface area contributed by atoms with Crippen LogP contribution in [0.5, 0.6) is 0 Å². The maximum Gasteiger partial charge on any atom is 0.260 e. The number of anilines is 1. The molecule has 0 bridgehead atoms. The average Bonchev–Trinajstić information content (AvgIpc) is 2.56. The zero-order chi connectivity index (χ0) is 16.1. The molecule has 0 spiro atoms. The Kier molecular flexibility index (Phi) is 4.29. The molecule has 23 heavy (non-hydrogen) atoms. The largest absolute Gasteiger partial charge is 0.291 e. The van der Waals surface area contributed by atoms with Gasteiger partial charge in [0.25, 0.3) is 5.56 Å². The van der Waals surface area contributed by atoms with E-state index in [1.165, 1.54) is 0 Å². The van der Waals surface area contributed by atoms with Gasteiger partial charge in [0.2, 0.25) is 5.95 Å². The topological polar surface area (TPSA) is 70.1 Å². The van der Waals surface area contributed by atoms with Gasteiger partial charge in [-0.3, -0.25) is 9.78 Å². The summed E-state index contributed by atoms with van der Waals surface area (Å²) in [7, 11) is 0. The van der Waals surface area contributed by atoms with Crippen molar-refractivity contribution in [2.24, 2.45) is 5.10 Å². The van der Waals surface area contributed by atoms with Crippen molar-refractivity contribution in [3.63, 3.8) is 0 Å². The maximum absolute atomic E-state index is 11.9. The second-order valence-corrected chi connectivity index (χ2v) is 5.10. The van der Waals surface area contributed by atoms with Crippen LogP contribution in [-0.2, 0) is 0 Å². The SMILES string of the molecule is C/C(C=NNc1nc2ccccc2c(=O)[nH]1)=C/c1ccccc1. The number of hydrazone groups is 1. The minimum absolute atomic E-state index is 0.190. The van der Waals surface area contributed by atoms with E-state index in [1.807, 2.05) is 55.5 Å². The summed E-state index contributed by atoms with van der Waals surface area (Å²) in [5.74, 6) is 0.317. The summed E-state index contributed by atoms with van der Waals surface area (Å²) < 4.78 is 0. The minimum atomic E-state index is -0.190. The molecule has 2 N–H and O–H groups in total. The van der Waals surface area contributed by atoms with Crippen molar-refractivity contribution in [3.8, 4) is 0 Å². The molecule has 0 saturated heterocycles. The smallest absolute Gasteiger partial charge is 0.260 e. The third-order valence-electron chi connectivity index (χ3n) is 3.25. The first-order valence-electron chi connectivity index (χ1n) is 7.24. The molecule has 0 amide bonds. The van der Waals surface area contributed by atoms with Gasteiger partial charge in [-0.1, -0.05) is 48.5 Å². The number of rotatable bonds is 4. The lowest BCUT2D eigenvalue weighted by Gasteiger charge is -2.01. The Balaban J connectivity index is 1.75. The highest BCUT2D eigenvalue weighted by Crippen LogP contribution is 2.08. The van der Waals surface area contributed by atoms with Gasteiger partial charge in [0.1, 0.15) is 0 Å². The molecule has 0 fully saturated rings. The fraction of sp³-hybridized carbons (Fsp3) is 0.0556. The number of aromatic nitrogens is 2. The average molecular weight is 304 g/mol. The van der Waals surface area contributed by atoms with Crippen molar-refractivity contribution in [3.05, 3.63) is 76.1 Å². The molecule has 0 atom stereocenters. The lowest BCUT2D eigenvalue weighted by Crippen LogP contribution is -2.10. The van der Waals surface area contributed by atoms with Gasteiger partial charge in [-0.15, -0.1) is 0 Å². The molecule has 0 unspecified atom stereocenters. The molecule has 0 aliphatic heterocycles. The number of allylic oxidation sites excluding steroid dienone is 1. The zero-order valence-corrected chi connectivity index (χ0v) is 12.7. The van der Waals surface area contributed by atoms with Crippen LogP contribution in [0.4, 0.5) is 5.95 Å². The molecule has 3 rings (SSSR count). The van der Waals surface area contributed by atoms with Crippen LogP contribution in [0.3, 0.4) is 0 Å². The van der Waals surface area contributed by atoms with Gasteiger partial charge in [-0.25, -0.2) is 10.4 Å². The van der Waals surface area contributed by atoms with Crippen molar-refractivity contribution in [2.75, 3.05) is 5.43 Å². The molecule has 1 aromatic heterocycles. The highest BCUT2D eigenvalue weighted by molar-refractivity contribution is 5.85. The highest BCUT2D eigenvalue weighted by atomic mass is 16.1. The van der Waals surface area contributed by atoms with Crippen molar-refractivity contribution in [1.82, 2.24) is 9.97 Å². The van der Waals surface area contributed by atoms with Crippen LogP contribution < -0.4 is 11.0 Å². The van der Waals surface area contributed by atoms with E-state index in [2.05, 4.69) is 20.5 Å². The second kappa shape index (κ2) is 6.70. The number of para-hydroxylation sites is 1. The molecule has 5 nitrogen and oxygen atoms in total. The van der Waals surface area contributed by atoms with E-state index in [9.17, 15) is 4.79 Å². The van der Waals surface area contributed by atoms with Gasteiger partial charge in [-0.05, 0) is 30.2 Å². The third-order valence-corrected chi connectivity index (χ3v) is 3.25. The highest BCUT2D eigenvalue weighted by Gasteiger charge is 2.01. The van der Waals surface area contributed by atoms with E-state index in [0.29, 0.717) is 16.9 Å². The van der Waals surface area contributed by atoms with Crippen molar-refractivity contribution in [2.45, 2.75) is 6.92 Å². The van der Waals surface area contributed by atoms with E-state index < -0.39 is 0 Å². The molecular formula is C18H16N4O. The van der Waals surface area contributed by atoms with E-state index in [4.69, 9.17) is 0 Å². The first-order chi connectivity index (χ1) is 11.2. The van der Waals surface area contributed by atoms with Gasteiger partial charge in [0.15, 0.2) is 0 Å². The maximum atomic E-state index is 11.9. The van der Waals surface area contributed by atoms with Crippen molar-refractivity contribution >= 4 is 29.1 Å². The van der Waals surface area contributed by atoms with Gasteiger partial charge >= 0.3 is 0 Å². The Morgan fingerprint density at radius 1 is 1.13 bits per heavy atom. The van der Waals surface area contributed by atoms with Crippen molar-refractivity contribution < 1.29 is 0 Å². The summed E-state index contributed by atoms with van der Waals surface area (Å²) in [6.07, 6.45) is 3.70. The Hall–Kier alpha value is -3.21. The number of nitrogens with zero attached hydrogens (tertiary/aromatic N) is 2. The molecule has 0 radical (unpaired) electrons. The molecule has 0 aliphatic rings. The first-order valence-corrected chi connectivity index (χ1v) is 7.24. The predicted octanol–water partition coefficient (Wildman–Crippen LogP) is 3.42. The molecule has 5 heteroatoms. The standard InChI is InChI=1S/C18H16N4O/c1-13(11-14-7-3-2-4-8-14)12-19-22-18-20-16-10-6-5-9-15(16)17(23)21-18/h2-12H,1H3,(H2,20,21,22,23)/b13-11-,19-12?. The van der Waals surface area contributed by atoms with Crippen LogP contribution in [0, 0.1) is 0 Å². The minimum Gasteiger partial charge on any atom is -0.291 e. The van der Waals surface area contributed by atoms with E-state index >= 15 is 0 Å². The first kappa shape index (κ1) is 14.7. The quantitative estimate of drug-likeness (QED) is 0.573. The molecule has 0 saturated carbocycles. The molecular weight excluding hydrogens is 288 g/mol. The Morgan fingerprint density at radius 2 is 1.87 bits per heavy atom. The lowest BCUT2D eigenvalue weighted by atomic mass is 10.1. The second-order valence-electron chi connectivity index (χ2n) is 5.10. The van der Waals surface area contributed by atoms with Gasteiger partial charge in [-0.2, -0.15) is 5.10 Å². The summed E-state index contributed by atoms with van der Waals surface area (Å²) in [4.78, 5) is 18.9. The number of hydrogen-bond donors (Lipinski definition) is 2. The number of fused-ring (bicyclic) bond motifs is 1. The molecule has 1 heterocycles. The van der Waals surface area contributed by atoms with Crippen LogP contribution in [-0.4, -0.2) is 16.2 Å². The summed E-state index contributed by atoms with van der Waals surface area (Å²) in [6, 6.07) is 17.2. The Morgan fingerprint density at radius 3 is 2.70 bits per heavy atom. The van der Waals surface area contributed by atoms with Crippen molar-refractivity contribution in [1.29, 1.82) is 0 Å². The van der Waals surface area contributed by atoms with Gasteiger partial charge < -0.3 is 0 Å². The number of hydrogen-bond acceptors (Lipinski definition) is 4. The Bertz CT molecular complexity index is 926. The number of benzene rings is 2. The Labute approximate surface area is 133 Å². The lowest BCUT2D eigenvalue weighted by molar-refractivity contribution is 1.12. The zero-order valence-electron chi connectivity index (χ0n) is 12.7. The number of aromatic amines is 1. The number of nitrogens with one attached hydrogen (secondary N) is 2. The monoisotopic (exact) mass is 304 g/mol. The summed E-state index contributed by atoms with van der Waals surface area (Å²) in [6.45, 7) is 1.95. The van der Waals surface area contributed by atoms with Crippen LogP contribution in [0.2, 0.25) is 0 Å². The van der Waals surface area contributed by atoms with Crippen LogP contribution in [0.25, 0.3) is 17.0 Å². The van der Waals surface area contributed by atoms with Crippen LogP contribution in [0.1, 0.15) is 12.5 Å². The summed E-state index contributed by atoms with van der Waals surface area (Å²) in [5, 5.41) is 4.67. The molecule has 114 valence electrons. The fourth-order valence-electron chi connectivity index (χ4n) is 2.18.